The molecule has 0 spiro atoms. The fourth-order valence-corrected chi connectivity index (χ4v) is 5.51. The van der Waals surface area contributed by atoms with Crippen molar-refractivity contribution in [1.82, 2.24) is 29.5 Å². The Balaban J connectivity index is 1.22. The van der Waals surface area contributed by atoms with Crippen molar-refractivity contribution < 1.29 is 9.53 Å². The Morgan fingerprint density at radius 1 is 0.875 bits per heavy atom. The van der Waals surface area contributed by atoms with Crippen LogP contribution < -0.4 is 4.90 Å². The van der Waals surface area contributed by atoms with E-state index in [1.54, 1.807) is 11.1 Å². The molecule has 1 aliphatic rings. The monoisotopic (exact) mass is 535 g/mol. The normalized spacial score (nSPS) is 17.9. The van der Waals surface area contributed by atoms with Gasteiger partial charge in [-0.1, -0.05) is 18.2 Å². The molecule has 0 unspecified atom stereocenters. The number of amides is 1. The van der Waals surface area contributed by atoms with Crippen molar-refractivity contribution in [1.29, 1.82) is 0 Å². The minimum Gasteiger partial charge on any atom is -0.444 e. The molecule has 0 N–H and O–H groups in total. The van der Waals surface area contributed by atoms with Crippen molar-refractivity contribution in [3.05, 3.63) is 73.4 Å². The van der Waals surface area contributed by atoms with Crippen LogP contribution in [0.2, 0.25) is 0 Å². The van der Waals surface area contributed by atoms with E-state index in [9.17, 15) is 4.79 Å². The van der Waals surface area contributed by atoms with E-state index in [1.807, 2.05) is 74.3 Å². The summed E-state index contributed by atoms with van der Waals surface area (Å²) in [4.78, 5) is 30.8. The third kappa shape index (κ3) is 4.83. The van der Waals surface area contributed by atoms with Crippen LogP contribution >= 0.6 is 0 Å². The lowest BCUT2D eigenvalue weighted by Crippen LogP contribution is -2.59. The first-order valence-corrected chi connectivity index (χ1v) is 13.6. The van der Waals surface area contributed by atoms with E-state index in [2.05, 4.69) is 47.0 Å². The van der Waals surface area contributed by atoms with Crippen LogP contribution in [0.25, 0.3) is 38.8 Å². The van der Waals surface area contributed by atoms with Gasteiger partial charge in [0.2, 0.25) is 0 Å². The molecule has 1 fully saturated rings. The van der Waals surface area contributed by atoms with Gasteiger partial charge in [-0.3, -0.25) is 4.98 Å². The number of aromatic nitrogens is 5. The molecule has 1 saturated heterocycles. The zero-order valence-electron chi connectivity index (χ0n) is 23.4. The average molecular weight is 536 g/mol. The Morgan fingerprint density at radius 2 is 1.65 bits per heavy atom. The lowest BCUT2D eigenvalue weighted by molar-refractivity contribution is 0.0192. The largest absolute Gasteiger partial charge is 0.444 e. The van der Waals surface area contributed by atoms with Gasteiger partial charge in [0, 0.05) is 72.0 Å². The molecular weight excluding hydrogens is 502 g/mol. The summed E-state index contributed by atoms with van der Waals surface area (Å²) in [5, 5.41) is 5.68. The van der Waals surface area contributed by atoms with Crippen LogP contribution in [0.5, 0.6) is 0 Å². The molecule has 4 aromatic heterocycles. The number of anilines is 1. The van der Waals surface area contributed by atoms with Crippen LogP contribution in [0.3, 0.4) is 0 Å². The Kier molecular flexibility index (Phi) is 6.37. The van der Waals surface area contributed by atoms with Gasteiger partial charge in [0.15, 0.2) is 5.65 Å². The number of rotatable bonds is 3. The van der Waals surface area contributed by atoms with Crippen molar-refractivity contribution in [3.8, 4) is 22.3 Å². The second kappa shape index (κ2) is 9.89. The van der Waals surface area contributed by atoms with E-state index < -0.39 is 5.60 Å². The number of ether oxygens (including phenoxy) is 1. The molecule has 0 bridgehead atoms. The zero-order valence-corrected chi connectivity index (χ0v) is 23.4. The molecule has 2 atom stereocenters. The SMILES string of the molecule is C[C@@H]1CN(C(=O)OC(C)(C)C)C[C@H](C)N1c1ccc(-c2cnc3c(-c4cccc5ncccc45)cnn3c2)cn1. The van der Waals surface area contributed by atoms with E-state index in [0.717, 1.165) is 44.6 Å². The van der Waals surface area contributed by atoms with Crippen LogP contribution in [-0.2, 0) is 4.74 Å². The Bertz CT molecular complexity index is 1670. The third-order valence-electron chi connectivity index (χ3n) is 7.21. The summed E-state index contributed by atoms with van der Waals surface area (Å²) in [5.74, 6) is 0.882. The second-order valence-corrected chi connectivity index (χ2v) is 11.4. The zero-order chi connectivity index (χ0) is 28.0. The predicted octanol–water partition coefficient (Wildman–Crippen LogP) is 5.84. The van der Waals surface area contributed by atoms with Gasteiger partial charge in [0.1, 0.15) is 11.4 Å². The predicted molar refractivity (Wildman–Crippen MR) is 156 cm³/mol. The topological polar surface area (TPSA) is 88.8 Å². The highest BCUT2D eigenvalue weighted by Gasteiger charge is 2.34. The number of pyridine rings is 2. The first-order chi connectivity index (χ1) is 19.2. The molecule has 0 aliphatic carbocycles. The second-order valence-electron chi connectivity index (χ2n) is 11.4. The lowest BCUT2D eigenvalue weighted by Gasteiger charge is -2.45. The maximum absolute atomic E-state index is 12.6. The van der Waals surface area contributed by atoms with Gasteiger partial charge in [-0.2, -0.15) is 5.10 Å². The summed E-state index contributed by atoms with van der Waals surface area (Å²) >= 11 is 0. The van der Waals surface area contributed by atoms with Crippen LogP contribution in [0.1, 0.15) is 34.6 Å². The first kappa shape index (κ1) is 25.7. The molecule has 0 saturated carbocycles. The number of nitrogens with zero attached hydrogens (tertiary/aromatic N) is 7. The van der Waals surface area contributed by atoms with Gasteiger partial charge in [-0.05, 0) is 64.4 Å². The highest BCUT2D eigenvalue weighted by Crippen LogP contribution is 2.31. The number of carbonyl (C=O) groups is 1. The number of carbonyl (C=O) groups excluding carboxylic acids is 1. The Labute approximate surface area is 233 Å². The quantitative estimate of drug-likeness (QED) is 0.287. The van der Waals surface area contributed by atoms with Crippen molar-refractivity contribution in [2.24, 2.45) is 0 Å². The summed E-state index contributed by atoms with van der Waals surface area (Å²) in [7, 11) is 0. The van der Waals surface area contributed by atoms with Crippen LogP contribution in [-0.4, -0.2) is 66.3 Å². The van der Waals surface area contributed by atoms with E-state index in [1.165, 1.54) is 0 Å². The Morgan fingerprint density at radius 3 is 2.38 bits per heavy atom. The molecule has 5 aromatic rings. The average Bonchev–Trinajstić information content (AvgIpc) is 3.35. The van der Waals surface area contributed by atoms with Crippen molar-refractivity contribution >= 4 is 28.5 Å². The van der Waals surface area contributed by atoms with Crippen molar-refractivity contribution in [2.75, 3.05) is 18.0 Å². The number of benzene rings is 1. The molecule has 9 heteroatoms. The number of piperazine rings is 1. The third-order valence-corrected chi connectivity index (χ3v) is 7.21. The van der Waals surface area contributed by atoms with Crippen molar-refractivity contribution in [2.45, 2.75) is 52.3 Å². The summed E-state index contributed by atoms with van der Waals surface area (Å²) in [6, 6.07) is 14.4. The fourth-order valence-electron chi connectivity index (χ4n) is 5.51. The van der Waals surface area contributed by atoms with Gasteiger partial charge in [-0.25, -0.2) is 19.3 Å². The minimum absolute atomic E-state index is 0.0967. The number of hydrogen-bond acceptors (Lipinski definition) is 7. The maximum atomic E-state index is 12.6. The standard InChI is InChI=1S/C31H33N7O2/c1-20-17-36(30(39)40-31(3,4)5)18-21(2)38(20)28-12-11-22(14-33-28)23-15-34-29-26(16-35-37(29)19-23)24-8-6-10-27-25(24)9-7-13-32-27/h6-16,19-21H,17-18H2,1-5H3/t20-,21+. The summed E-state index contributed by atoms with van der Waals surface area (Å²) in [5.41, 5.74) is 5.12. The van der Waals surface area contributed by atoms with Gasteiger partial charge >= 0.3 is 6.09 Å². The van der Waals surface area contributed by atoms with Crippen LogP contribution in [0.4, 0.5) is 10.6 Å². The van der Waals surface area contributed by atoms with Gasteiger partial charge in [0.25, 0.3) is 0 Å². The van der Waals surface area contributed by atoms with Crippen molar-refractivity contribution in [3.63, 3.8) is 0 Å². The van der Waals surface area contributed by atoms with E-state index in [-0.39, 0.29) is 18.2 Å². The smallest absolute Gasteiger partial charge is 0.410 e. The molecule has 5 heterocycles. The molecule has 204 valence electrons. The molecule has 0 radical (unpaired) electrons. The van der Waals surface area contributed by atoms with Gasteiger partial charge in [-0.15, -0.1) is 0 Å². The Hall–Kier alpha value is -4.53. The number of hydrogen-bond donors (Lipinski definition) is 0. The van der Waals surface area contributed by atoms with E-state index >= 15 is 0 Å². The summed E-state index contributed by atoms with van der Waals surface area (Å²) in [6.07, 6.45) is 9.11. The number of fused-ring (bicyclic) bond motifs is 2. The molecule has 1 aliphatic heterocycles. The highest BCUT2D eigenvalue weighted by atomic mass is 16.6. The minimum atomic E-state index is -0.513. The molecular formula is C31H33N7O2. The molecule has 1 amide bonds. The molecule has 40 heavy (non-hydrogen) atoms. The maximum Gasteiger partial charge on any atom is 0.410 e. The molecule has 6 rings (SSSR count). The van der Waals surface area contributed by atoms with E-state index in [0.29, 0.717) is 13.1 Å². The van der Waals surface area contributed by atoms with Crippen LogP contribution in [0, 0.1) is 0 Å². The highest BCUT2D eigenvalue weighted by molar-refractivity contribution is 5.97. The van der Waals surface area contributed by atoms with Crippen LogP contribution in [0.15, 0.2) is 73.4 Å². The van der Waals surface area contributed by atoms with Gasteiger partial charge < -0.3 is 14.5 Å². The molecule has 1 aromatic carbocycles. The summed E-state index contributed by atoms with van der Waals surface area (Å²) < 4.78 is 7.41. The lowest BCUT2D eigenvalue weighted by atomic mass is 10.0. The van der Waals surface area contributed by atoms with E-state index in [4.69, 9.17) is 14.7 Å². The first-order valence-electron chi connectivity index (χ1n) is 13.6. The summed E-state index contributed by atoms with van der Waals surface area (Å²) in [6.45, 7) is 11.1. The van der Waals surface area contributed by atoms with Gasteiger partial charge in [0.05, 0.1) is 11.7 Å². The fraction of sp³-hybridized carbons (Fsp3) is 0.323. The molecule has 9 nitrogen and oxygen atoms in total.